The Morgan fingerprint density at radius 1 is 1.18 bits per heavy atom. The highest BCUT2D eigenvalue weighted by molar-refractivity contribution is 5.25. The van der Waals surface area contributed by atoms with Gasteiger partial charge in [0.05, 0.1) is 12.7 Å². The van der Waals surface area contributed by atoms with E-state index in [1.165, 1.54) is 57.8 Å². The highest BCUT2D eigenvalue weighted by Gasteiger charge is 2.59. The van der Waals surface area contributed by atoms with Gasteiger partial charge in [0.2, 0.25) is 0 Å². The molecule has 0 amide bonds. The van der Waals surface area contributed by atoms with Crippen LogP contribution in [0.25, 0.3) is 0 Å². The predicted molar refractivity (Wildman–Crippen MR) is 88.5 cm³/mol. The maximum absolute atomic E-state index is 10.4. The van der Waals surface area contributed by atoms with Crippen molar-refractivity contribution in [3.8, 4) is 0 Å². The summed E-state index contributed by atoms with van der Waals surface area (Å²) in [5.41, 5.74) is 2.15. The lowest BCUT2D eigenvalue weighted by Crippen LogP contribution is -2.52. The zero-order chi connectivity index (χ0) is 15.4. The highest BCUT2D eigenvalue weighted by Crippen LogP contribution is 2.65. The lowest BCUT2D eigenvalue weighted by atomic mass is 9.47. The molecule has 0 spiro atoms. The summed E-state index contributed by atoms with van der Waals surface area (Å²) in [7, 11) is 1.90. The number of ether oxygens (including phenoxy) is 1. The maximum Gasteiger partial charge on any atom is 0.0627 e. The van der Waals surface area contributed by atoms with E-state index in [0.717, 1.165) is 17.8 Å². The van der Waals surface area contributed by atoms with Crippen molar-refractivity contribution in [2.45, 2.75) is 70.8 Å². The van der Waals surface area contributed by atoms with Crippen LogP contribution in [0.15, 0.2) is 11.6 Å². The molecule has 2 heteroatoms. The van der Waals surface area contributed by atoms with Crippen LogP contribution in [0.3, 0.4) is 0 Å². The minimum atomic E-state index is 0.146. The number of allylic oxidation sites excluding steroid dienone is 1. The SMILES string of the molecule is COC1CC[C@H]2C3CC=C4CCCCC4(CO)[C@H]3CCC12C. The molecule has 3 saturated carbocycles. The average molecular weight is 304 g/mol. The van der Waals surface area contributed by atoms with Crippen molar-refractivity contribution in [2.75, 3.05) is 13.7 Å². The molecular formula is C20H32O2. The topological polar surface area (TPSA) is 29.5 Å². The van der Waals surface area contributed by atoms with E-state index in [1.54, 1.807) is 5.57 Å². The zero-order valence-electron chi connectivity index (χ0n) is 14.3. The van der Waals surface area contributed by atoms with Crippen LogP contribution in [-0.2, 0) is 4.74 Å². The van der Waals surface area contributed by atoms with Gasteiger partial charge >= 0.3 is 0 Å². The van der Waals surface area contributed by atoms with Crippen LogP contribution in [-0.4, -0.2) is 24.9 Å². The first-order valence-corrected chi connectivity index (χ1v) is 9.49. The zero-order valence-corrected chi connectivity index (χ0v) is 14.3. The van der Waals surface area contributed by atoms with Crippen molar-refractivity contribution in [2.24, 2.45) is 28.6 Å². The van der Waals surface area contributed by atoms with Crippen LogP contribution < -0.4 is 0 Å². The number of fused-ring (bicyclic) bond motifs is 5. The molecule has 1 N–H and O–H groups in total. The van der Waals surface area contributed by atoms with Crippen LogP contribution in [0, 0.1) is 28.6 Å². The molecule has 4 aliphatic rings. The van der Waals surface area contributed by atoms with Gasteiger partial charge in [0.25, 0.3) is 0 Å². The fraction of sp³-hybridized carbons (Fsp3) is 0.900. The molecule has 0 heterocycles. The lowest BCUT2D eigenvalue weighted by molar-refractivity contribution is -0.0915. The summed E-state index contributed by atoms with van der Waals surface area (Å²) < 4.78 is 5.86. The van der Waals surface area contributed by atoms with Crippen molar-refractivity contribution < 1.29 is 9.84 Å². The Morgan fingerprint density at radius 2 is 2.05 bits per heavy atom. The fourth-order valence-corrected chi connectivity index (χ4v) is 7.11. The molecule has 0 aromatic rings. The minimum Gasteiger partial charge on any atom is -0.395 e. The summed E-state index contributed by atoms with van der Waals surface area (Å²) in [5, 5.41) is 10.4. The second-order valence-corrected chi connectivity index (χ2v) is 8.71. The molecule has 0 radical (unpaired) electrons. The fourth-order valence-electron chi connectivity index (χ4n) is 7.11. The van der Waals surface area contributed by atoms with Crippen molar-refractivity contribution in [1.82, 2.24) is 0 Å². The molecule has 2 nitrogen and oxygen atoms in total. The van der Waals surface area contributed by atoms with Gasteiger partial charge in [-0.05, 0) is 74.5 Å². The van der Waals surface area contributed by atoms with Crippen molar-refractivity contribution >= 4 is 0 Å². The van der Waals surface area contributed by atoms with E-state index >= 15 is 0 Å². The minimum absolute atomic E-state index is 0.146. The summed E-state index contributed by atoms with van der Waals surface area (Å²) in [6.07, 6.45) is 14.6. The van der Waals surface area contributed by atoms with E-state index in [1.807, 2.05) is 7.11 Å². The van der Waals surface area contributed by atoms with Gasteiger partial charge in [-0.2, -0.15) is 0 Å². The Morgan fingerprint density at radius 3 is 2.82 bits per heavy atom. The number of methoxy groups -OCH3 is 1. The molecule has 6 atom stereocenters. The van der Waals surface area contributed by atoms with Gasteiger partial charge in [-0.3, -0.25) is 0 Å². The van der Waals surface area contributed by atoms with E-state index in [9.17, 15) is 5.11 Å². The number of aliphatic hydroxyl groups is 1. The Balaban J connectivity index is 1.69. The largest absolute Gasteiger partial charge is 0.395 e. The second kappa shape index (κ2) is 5.34. The first kappa shape index (κ1) is 15.2. The first-order valence-electron chi connectivity index (χ1n) is 9.49. The molecule has 0 aromatic heterocycles. The van der Waals surface area contributed by atoms with Crippen LogP contribution in [0.5, 0.6) is 0 Å². The molecule has 124 valence electrons. The molecule has 0 aliphatic heterocycles. The van der Waals surface area contributed by atoms with Gasteiger partial charge in [-0.1, -0.05) is 25.0 Å². The number of hydrogen-bond donors (Lipinski definition) is 1. The average Bonchev–Trinajstić information content (AvgIpc) is 2.90. The van der Waals surface area contributed by atoms with Crippen LogP contribution in [0.1, 0.15) is 64.7 Å². The molecule has 22 heavy (non-hydrogen) atoms. The molecule has 0 aromatic carbocycles. The third-order valence-electron chi connectivity index (χ3n) is 8.22. The van der Waals surface area contributed by atoms with Gasteiger partial charge in [0.1, 0.15) is 0 Å². The summed E-state index contributed by atoms with van der Waals surface area (Å²) in [6.45, 7) is 2.87. The van der Waals surface area contributed by atoms with E-state index in [-0.39, 0.29) is 5.41 Å². The molecule has 0 saturated heterocycles. The van der Waals surface area contributed by atoms with E-state index in [0.29, 0.717) is 18.1 Å². The standard InChI is InChI=1S/C20H32O2/c1-19-12-10-17-15(16(19)8-9-18(19)22-2)7-6-14-5-3-4-11-20(14,17)13-21/h6,15-18,21H,3-5,7-13H2,1-2H3/t15?,16-,17-,18?,19?,20?/m0/s1. The Kier molecular flexibility index (Phi) is 3.69. The second-order valence-electron chi connectivity index (χ2n) is 8.71. The first-order chi connectivity index (χ1) is 10.7. The van der Waals surface area contributed by atoms with Crippen molar-refractivity contribution in [3.05, 3.63) is 11.6 Å². The van der Waals surface area contributed by atoms with Gasteiger partial charge < -0.3 is 9.84 Å². The summed E-state index contributed by atoms with van der Waals surface area (Å²) in [6, 6.07) is 0. The third-order valence-corrected chi connectivity index (χ3v) is 8.22. The Bertz CT molecular complexity index is 470. The van der Waals surface area contributed by atoms with E-state index < -0.39 is 0 Å². The lowest BCUT2D eigenvalue weighted by Gasteiger charge is -2.58. The van der Waals surface area contributed by atoms with Crippen LogP contribution >= 0.6 is 0 Å². The Hall–Kier alpha value is -0.340. The number of rotatable bonds is 2. The summed E-state index contributed by atoms with van der Waals surface area (Å²) in [4.78, 5) is 0. The quantitative estimate of drug-likeness (QED) is 0.770. The number of aliphatic hydroxyl groups excluding tert-OH is 1. The van der Waals surface area contributed by atoms with Gasteiger partial charge in [-0.25, -0.2) is 0 Å². The monoisotopic (exact) mass is 304 g/mol. The Labute approximate surface area is 135 Å². The molecule has 4 rings (SSSR count). The maximum atomic E-state index is 10.4. The van der Waals surface area contributed by atoms with Gasteiger partial charge in [0, 0.05) is 12.5 Å². The summed E-state index contributed by atoms with van der Waals surface area (Å²) >= 11 is 0. The van der Waals surface area contributed by atoms with E-state index in [2.05, 4.69) is 13.0 Å². The predicted octanol–water partition coefficient (Wildman–Crippen LogP) is 4.33. The van der Waals surface area contributed by atoms with E-state index in [4.69, 9.17) is 4.74 Å². The smallest absolute Gasteiger partial charge is 0.0627 e. The van der Waals surface area contributed by atoms with Crippen LogP contribution in [0.2, 0.25) is 0 Å². The van der Waals surface area contributed by atoms with Gasteiger partial charge in [-0.15, -0.1) is 0 Å². The van der Waals surface area contributed by atoms with Gasteiger partial charge in [0.15, 0.2) is 0 Å². The molecular weight excluding hydrogens is 272 g/mol. The molecule has 4 aliphatic carbocycles. The normalized spacial score (nSPS) is 50.8. The molecule has 3 fully saturated rings. The van der Waals surface area contributed by atoms with Crippen molar-refractivity contribution in [3.63, 3.8) is 0 Å². The third kappa shape index (κ3) is 1.86. The molecule has 4 unspecified atom stereocenters. The molecule has 0 bridgehead atoms. The highest BCUT2D eigenvalue weighted by atomic mass is 16.5. The van der Waals surface area contributed by atoms with Crippen molar-refractivity contribution in [1.29, 1.82) is 0 Å². The number of hydrogen-bond acceptors (Lipinski definition) is 2. The summed E-state index contributed by atoms with van der Waals surface area (Å²) in [5.74, 6) is 2.32. The van der Waals surface area contributed by atoms with Crippen LogP contribution in [0.4, 0.5) is 0 Å².